The second kappa shape index (κ2) is 7.93. The number of nitrogens with one attached hydrogen (secondary N) is 1. The first-order chi connectivity index (χ1) is 11.1. The van der Waals surface area contributed by atoms with Crippen LogP contribution >= 0.6 is 0 Å². The predicted octanol–water partition coefficient (Wildman–Crippen LogP) is 4.03. The van der Waals surface area contributed by atoms with Gasteiger partial charge in [-0.15, -0.1) is 0 Å². The summed E-state index contributed by atoms with van der Waals surface area (Å²) in [7, 11) is 0. The summed E-state index contributed by atoms with van der Waals surface area (Å²) >= 11 is 0. The van der Waals surface area contributed by atoms with Gasteiger partial charge in [0, 0.05) is 23.4 Å². The molecule has 0 unspecified atom stereocenters. The molecule has 0 aliphatic heterocycles. The number of nitro groups is 1. The van der Waals surface area contributed by atoms with Crippen molar-refractivity contribution in [2.75, 3.05) is 11.9 Å². The molecule has 23 heavy (non-hydrogen) atoms. The predicted molar refractivity (Wildman–Crippen MR) is 87.9 cm³/mol. The number of unbranched alkanes of at least 4 members (excludes halogenated alkanes) is 1. The number of benzene rings is 2. The third-order valence-corrected chi connectivity index (χ3v) is 3.20. The molecule has 0 radical (unpaired) electrons. The molecule has 2 rings (SSSR count). The Morgan fingerprint density at radius 1 is 1.22 bits per heavy atom. The smallest absolute Gasteiger partial charge is 0.271 e. The molecular formula is C17H18N2O4. The van der Waals surface area contributed by atoms with Gasteiger partial charge in [-0.1, -0.05) is 19.4 Å². The van der Waals surface area contributed by atoms with Crippen LogP contribution in [0.1, 0.15) is 30.1 Å². The minimum Gasteiger partial charge on any atom is -0.494 e. The van der Waals surface area contributed by atoms with Gasteiger partial charge < -0.3 is 10.1 Å². The van der Waals surface area contributed by atoms with Gasteiger partial charge in [0.1, 0.15) is 5.75 Å². The normalized spacial score (nSPS) is 10.1. The number of nitrogens with zero attached hydrogens (tertiary/aromatic N) is 1. The second-order valence-corrected chi connectivity index (χ2v) is 4.99. The number of carbonyl (C=O) groups excluding carboxylic acids is 1. The van der Waals surface area contributed by atoms with Crippen LogP contribution in [0.4, 0.5) is 11.4 Å². The molecule has 0 aliphatic carbocycles. The van der Waals surface area contributed by atoms with Crippen LogP contribution in [0.5, 0.6) is 5.75 Å². The molecule has 0 saturated heterocycles. The Hall–Kier alpha value is -2.89. The fourth-order valence-corrected chi connectivity index (χ4v) is 1.94. The summed E-state index contributed by atoms with van der Waals surface area (Å²) < 4.78 is 5.53. The number of non-ortho nitro benzene ring substituents is 1. The van der Waals surface area contributed by atoms with E-state index in [-0.39, 0.29) is 11.6 Å². The van der Waals surface area contributed by atoms with Crippen LogP contribution in [0.15, 0.2) is 48.5 Å². The van der Waals surface area contributed by atoms with Crippen molar-refractivity contribution >= 4 is 17.3 Å². The van der Waals surface area contributed by atoms with Crippen LogP contribution in [-0.2, 0) is 0 Å². The Morgan fingerprint density at radius 2 is 1.96 bits per heavy atom. The largest absolute Gasteiger partial charge is 0.494 e. The number of carbonyl (C=O) groups is 1. The lowest BCUT2D eigenvalue weighted by Crippen LogP contribution is -2.11. The first-order valence-electron chi connectivity index (χ1n) is 7.39. The van der Waals surface area contributed by atoms with Gasteiger partial charge in [0.2, 0.25) is 0 Å². The minimum atomic E-state index is -0.502. The first kappa shape index (κ1) is 16.5. The van der Waals surface area contributed by atoms with Crippen molar-refractivity contribution in [3.8, 4) is 5.75 Å². The van der Waals surface area contributed by atoms with E-state index in [4.69, 9.17) is 4.74 Å². The quantitative estimate of drug-likeness (QED) is 0.475. The summed E-state index contributed by atoms with van der Waals surface area (Å²) in [6.45, 7) is 2.74. The summed E-state index contributed by atoms with van der Waals surface area (Å²) in [6, 6.07) is 12.6. The van der Waals surface area contributed by atoms with E-state index < -0.39 is 4.92 Å². The highest BCUT2D eigenvalue weighted by molar-refractivity contribution is 6.04. The van der Waals surface area contributed by atoms with Gasteiger partial charge in [-0.05, 0) is 36.8 Å². The van der Waals surface area contributed by atoms with Crippen molar-refractivity contribution in [2.45, 2.75) is 19.8 Å². The lowest BCUT2D eigenvalue weighted by atomic mass is 10.2. The van der Waals surface area contributed by atoms with Crippen LogP contribution in [0.3, 0.4) is 0 Å². The third kappa shape index (κ3) is 4.81. The van der Waals surface area contributed by atoms with E-state index in [1.54, 1.807) is 30.3 Å². The van der Waals surface area contributed by atoms with Gasteiger partial charge >= 0.3 is 0 Å². The standard InChI is InChI=1S/C17H18N2O4/c1-2-3-11-23-16-9-7-13(8-10-16)17(20)18-14-5-4-6-15(12-14)19(21)22/h4-10,12H,2-3,11H2,1H3,(H,18,20). The molecule has 0 aliphatic rings. The molecule has 2 aromatic carbocycles. The molecule has 0 heterocycles. The summed E-state index contributed by atoms with van der Waals surface area (Å²) in [4.78, 5) is 22.4. The number of nitro benzene ring substituents is 1. The van der Waals surface area contributed by atoms with Crippen molar-refractivity contribution in [3.63, 3.8) is 0 Å². The third-order valence-electron chi connectivity index (χ3n) is 3.20. The van der Waals surface area contributed by atoms with Gasteiger partial charge in [-0.2, -0.15) is 0 Å². The molecule has 0 fully saturated rings. The van der Waals surface area contributed by atoms with E-state index in [2.05, 4.69) is 12.2 Å². The average Bonchev–Trinajstić information content (AvgIpc) is 2.56. The molecule has 0 aromatic heterocycles. The second-order valence-electron chi connectivity index (χ2n) is 4.99. The monoisotopic (exact) mass is 314 g/mol. The zero-order valence-electron chi connectivity index (χ0n) is 12.8. The molecule has 6 heteroatoms. The SMILES string of the molecule is CCCCOc1ccc(C(=O)Nc2cccc([N+](=O)[O-])c2)cc1. The van der Waals surface area contributed by atoms with Gasteiger partial charge in [-0.3, -0.25) is 14.9 Å². The van der Waals surface area contributed by atoms with Crippen molar-refractivity contribution in [1.82, 2.24) is 0 Å². The van der Waals surface area contributed by atoms with E-state index in [0.717, 1.165) is 12.8 Å². The molecule has 1 amide bonds. The lowest BCUT2D eigenvalue weighted by Gasteiger charge is -2.07. The summed E-state index contributed by atoms with van der Waals surface area (Å²) in [5.74, 6) is 0.385. The van der Waals surface area contributed by atoms with Crippen molar-refractivity contribution in [2.24, 2.45) is 0 Å². The van der Waals surface area contributed by atoms with Gasteiger partial charge in [0.25, 0.3) is 11.6 Å². The highest BCUT2D eigenvalue weighted by Gasteiger charge is 2.10. The van der Waals surface area contributed by atoms with E-state index in [1.165, 1.54) is 18.2 Å². The molecule has 0 saturated carbocycles. The van der Waals surface area contributed by atoms with Crippen LogP contribution in [0, 0.1) is 10.1 Å². The maximum atomic E-state index is 12.1. The number of hydrogen-bond acceptors (Lipinski definition) is 4. The maximum Gasteiger partial charge on any atom is 0.271 e. The number of amides is 1. The summed E-state index contributed by atoms with van der Waals surface area (Å²) in [5.41, 5.74) is 0.772. The first-order valence-corrected chi connectivity index (χ1v) is 7.39. The molecule has 0 atom stereocenters. The topological polar surface area (TPSA) is 81.5 Å². The zero-order valence-corrected chi connectivity index (χ0v) is 12.8. The molecule has 120 valence electrons. The zero-order chi connectivity index (χ0) is 16.7. The van der Waals surface area contributed by atoms with E-state index >= 15 is 0 Å². The molecule has 1 N–H and O–H groups in total. The maximum absolute atomic E-state index is 12.1. The van der Waals surface area contributed by atoms with Crippen LogP contribution < -0.4 is 10.1 Å². The fraction of sp³-hybridized carbons (Fsp3) is 0.235. The lowest BCUT2D eigenvalue weighted by molar-refractivity contribution is -0.384. The van der Waals surface area contributed by atoms with Gasteiger partial charge in [0.05, 0.1) is 11.5 Å². The van der Waals surface area contributed by atoms with Gasteiger partial charge in [-0.25, -0.2) is 0 Å². The Balaban J connectivity index is 2.00. The highest BCUT2D eigenvalue weighted by Crippen LogP contribution is 2.19. The van der Waals surface area contributed by atoms with E-state index in [0.29, 0.717) is 23.6 Å². The van der Waals surface area contributed by atoms with Crippen LogP contribution in [0.25, 0.3) is 0 Å². The molecule has 6 nitrogen and oxygen atoms in total. The Bertz CT molecular complexity index is 683. The molecule has 0 spiro atoms. The minimum absolute atomic E-state index is 0.0672. The van der Waals surface area contributed by atoms with Crippen LogP contribution in [-0.4, -0.2) is 17.4 Å². The number of rotatable bonds is 7. The van der Waals surface area contributed by atoms with E-state index in [1.807, 2.05) is 0 Å². The number of anilines is 1. The molecule has 2 aromatic rings. The summed E-state index contributed by atoms with van der Waals surface area (Å²) in [6.07, 6.45) is 2.04. The highest BCUT2D eigenvalue weighted by atomic mass is 16.6. The number of hydrogen-bond donors (Lipinski definition) is 1. The van der Waals surface area contributed by atoms with Crippen molar-refractivity contribution in [3.05, 3.63) is 64.2 Å². The number of ether oxygens (including phenoxy) is 1. The average molecular weight is 314 g/mol. The molecule has 0 bridgehead atoms. The Morgan fingerprint density at radius 3 is 2.61 bits per heavy atom. The summed E-state index contributed by atoms with van der Waals surface area (Å²) in [5, 5.41) is 13.4. The van der Waals surface area contributed by atoms with Crippen molar-refractivity contribution < 1.29 is 14.5 Å². The van der Waals surface area contributed by atoms with Gasteiger partial charge in [0.15, 0.2) is 0 Å². The van der Waals surface area contributed by atoms with E-state index in [9.17, 15) is 14.9 Å². The Kier molecular flexibility index (Phi) is 5.68. The van der Waals surface area contributed by atoms with Crippen molar-refractivity contribution in [1.29, 1.82) is 0 Å². The fourth-order valence-electron chi connectivity index (χ4n) is 1.94. The Labute approximate surface area is 134 Å². The van der Waals surface area contributed by atoms with Crippen LogP contribution in [0.2, 0.25) is 0 Å². The molecular weight excluding hydrogens is 296 g/mol.